The average molecular weight is 238 g/mol. The lowest BCUT2D eigenvalue weighted by Crippen LogP contribution is -2.26. The Balaban J connectivity index is 1.99. The number of carbonyl (C=O) groups is 1. The third kappa shape index (κ3) is 3.60. The second-order valence-corrected chi connectivity index (χ2v) is 4.21. The summed E-state index contributed by atoms with van der Waals surface area (Å²) in [6.07, 6.45) is 7.17. The van der Waals surface area contributed by atoms with Crippen LogP contribution in [-0.2, 0) is 4.79 Å². The normalized spacial score (nSPS) is 15.4. The molecule has 90 valence electrons. The number of nitrogens with zero attached hydrogens (tertiary/aromatic N) is 1. The van der Waals surface area contributed by atoms with Crippen molar-refractivity contribution in [1.29, 1.82) is 5.26 Å². The molecule has 1 aliphatic rings. The summed E-state index contributed by atoms with van der Waals surface area (Å²) in [5, 5.41) is 11.7. The van der Waals surface area contributed by atoms with Crippen molar-refractivity contribution in [1.82, 2.24) is 5.32 Å². The molecule has 1 aromatic carbocycles. The molecule has 1 aliphatic carbocycles. The van der Waals surface area contributed by atoms with Crippen molar-refractivity contribution in [2.24, 2.45) is 0 Å². The minimum atomic E-state index is -0.280. The van der Waals surface area contributed by atoms with E-state index in [-0.39, 0.29) is 17.5 Å². The standard InChI is InChI=1S/C15H14N2O/c16-11-13(15(18)17-14-9-10-14)8-4-7-12-5-2-1-3-6-12/h1-8,14H,9-10H2,(H,17,18)/b7-4+,13-8+. The molecule has 1 saturated carbocycles. The van der Waals surface area contributed by atoms with Crippen LogP contribution in [0.5, 0.6) is 0 Å². The maximum atomic E-state index is 11.6. The number of hydrogen-bond donors (Lipinski definition) is 1. The smallest absolute Gasteiger partial charge is 0.262 e. The van der Waals surface area contributed by atoms with Crippen LogP contribution in [0.25, 0.3) is 6.08 Å². The second kappa shape index (κ2) is 5.83. The van der Waals surface area contributed by atoms with E-state index < -0.39 is 0 Å². The van der Waals surface area contributed by atoms with E-state index in [0.717, 1.165) is 18.4 Å². The van der Waals surface area contributed by atoms with Crippen LogP contribution in [0.4, 0.5) is 0 Å². The van der Waals surface area contributed by atoms with Crippen LogP contribution in [0.15, 0.2) is 48.1 Å². The van der Waals surface area contributed by atoms with Gasteiger partial charge in [0.1, 0.15) is 11.6 Å². The molecule has 0 heterocycles. The molecular weight excluding hydrogens is 224 g/mol. The van der Waals surface area contributed by atoms with E-state index in [9.17, 15) is 4.79 Å². The first-order valence-electron chi connectivity index (χ1n) is 5.94. The highest BCUT2D eigenvalue weighted by molar-refractivity contribution is 5.98. The maximum Gasteiger partial charge on any atom is 0.262 e. The molecule has 1 fully saturated rings. The molecule has 3 heteroatoms. The number of rotatable bonds is 4. The van der Waals surface area contributed by atoms with Crippen molar-refractivity contribution >= 4 is 12.0 Å². The van der Waals surface area contributed by atoms with Gasteiger partial charge >= 0.3 is 0 Å². The lowest BCUT2D eigenvalue weighted by atomic mass is 10.2. The molecule has 0 spiro atoms. The number of allylic oxidation sites excluding steroid dienone is 2. The summed E-state index contributed by atoms with van der Waals surface area (Å²) in [7, 11) is 0. The number of carbonyl (C=O) groups excluding carboxylic acids is 1. The molecule has 0 bridgehead atoms. The van der Waals surface area contributed by atoms with Crippen molar-refractivity contribution in [2.45, 2.75) is 18.9 Å². The average Bonchev–Trinajstić information content (AvgIpc) is 3.19. The van der Waals surface area contributed by atoms with Crippen molar-refractivity contribution < 1.29 is 4.79 Å². The van der Waals surface area contributed by atoms with Gasteiger partial charge in [0.05, 0.1) is 0 Å². The van der Waals surface area contributed by atoms with Gasteiger partial charge < -0.3 is 5.32 Å². The number of nitrogens with one attached hydrogen (secondary N) is 1. The first-order valence-corrected chi connectivity index (χ1v) is 5.94. The summed E-state index contributed by atoms with van der Waals surface area (Å²) >= 11 is 0. The van der Waals surface area contributed by atoms with Crippen molar-refractivity contribution in [3.63, 3.8) is 0 Å². The van der Waals surface area contributed by atoms with Gasteiger partial charge in [-0.2, -0.15) is 5.26 Å². The molecule has 0 radical (unpaired) electrons. The number of nitriles is 1. The van der Waals surface area contributed by atoms with Gasteiger partial charge in [-0.05, 0) is 24.5 Å². The molecule has 0 unspecified atom stereocenters. The quantitative estimate of drug-likeness (QED) is 0.497. The van der Waals surface area contributed by atoms with Gasteiger partial charge in [-0.3, -0.25) is 4.79 Å². The Hall–Kier alpha value is -2.34. The molecule has 0 aromatic heterocycles. The Bertz CT molecular complexity index is 519. The third-order valence-electron chi connectivity index (χ3n) is 2.63. The van der Waals surface area contributed by atoms with Gasteiger partial charge in [-0.1, -0.05) is 42.5 Å². The summed E-state index contributed by atoms with van der Waals surface area (Å²) in [5.41, 5.74) is 1.18. The molecule has 2 rings (SSSR count). The van der Waals surface area contributed by atoms with E-state index in [4.69, 9.17) is 5.26 Å². The lowest BCUT2D eigenvalue weighted by Gasteiger charge is -1.99. The van der Waals surface area contributed by atoms with Crippen LogP contribution in [-0.4, -0.2) is 11.9 Å². The first-order chi connectivity index (χ1) is 8.79. The van der Waals surface area contributed by atoms with Crippen LogP contribution in [0.3, 0.4) is 0 Å². The zero-order valence-corrected chi connectivity index (χ0v) is 9.97. The van der Waals surface area contributed by atoms with Crippen molar-refractivity contribution in [3.8, 4) is 6.07 Å². The fourth-order valence-corrected chi connectivity index (χ4v) is 1.47. The van der Waals surface area contributed by atoms with E-state index >= 15 is 0 Å². The highest BCUT2D eigenvalue weighted by Crippen LogP contribution is 2.19. The summed E-state index contributed by atoms with van der Waals surface area (Å²) in [5.74, 6) is -0.280. The van der Waals surface area contributed by atoms with E-state index in [1.807, 2.05) is 42.5 Å². The molecule has 0 atom stereocenters. The van der Waals surface area contributed by atoms with Gasteiger partial charge in [0.15, 0.2) is 0 Å². The fraction of sp³-hybridized carbons (Fsp3) is 0.200. The lowest BCUT2D eigenvalue weighted by molar-refractivity contribution is -0.117. The Kier molecular flexibility index (Phi) is 3.93. The Morgan fingerprint density at radius 2 is 2.06 bits per heavy atom. The Morgan fingerprint density at radius 1 is 1.33 bits per heavy atom. The van der Waals surface area contributed by atoms with E-state index in [1.165, 1.54) is 0 Å². The van der Waals surface area contributed by atoms with Crippen LogP contribution in [0, 0.1) is 11.3 Å². The summed E-state index contributed by atoms with van der Waals surface area (Å²) in [6, 6.07) is 11.9. The zero-order chi connectivity index (χ0) is 12.8. The minimum Gasteiger partial charge on any atom is -0.349 e. The highest BCUT2D eigenvalue weighted by Gasteiger charge is 2.24. The van der Waals surface area contributed by atoms with E-state index in [1.54, 1.807) is 12.2 Å². The second-order valence-electron chi connectivity index (χ2n) is 4.21. The Morgan fingerprint density at radius 3 is 2.67 bits per heavy atom. The molecular formula is C15H14N2O. The largest absolute Gasteiger partial charge is 0.349 e. The minimum absolute atomic E-state index is 0.147. The SMILES string of the molecule is N#C/C(=C\C=C\c1ccccc1)C(=O)NC1CC1. The van der Waals surface area contributed by atoms with Crippen molar-refractivity contribution in [2.75, 3.05) is 0 Å². The van der Waals surface area contributed by atoms with Gasteiger partial charge in [0.2, 0.25) is 0 Å². The van der Waals surface area contributed by atoms with Crippen LogP contribution < -0.4 is 5.32 Å². The predicted octanol–water partition coefficient (Wildman–Crippen LogP) is 2.43. The topological polar surface area (TPSA) is 52.9 Å². The van der Waals surface area contributed by atoms with Crippen LogP contribution in [0.1, 0.15) is 18.4 Å². The highest BCUT2D eigenvalue weighted by atomic mass is 16.1. The molecule has 0 aliphatic heterocycles. The number of benzene rings is 1. The zero-order valence-electron chi connectivity index (χ0n) is 9.97. The number of amides is 1. The van der Waals surface area contributed by atoms with Gasteiger partial charge in [-0.25, -0.2) is 0 Å². The van der Waals surface area contributed by atoms with E-state index in [2.05, 4.69) is 5.32 Å². The fourth-order valence-electron chi connectivity index (χ4n) is 1.47. The van der Waals surface area contributed by atoms with Crippen LogP contribution >= 0.6 is 0 Å². The van der Waals surface area contributed by atoms with E-state index in [0.29, 0.717) is 0 Å². The molecule has 0 saturated heterocycles. The van der Waals surface area contributed by atoms with Crippen LogP contribution in [0.2, 0.25) is 0 Å². The van der Waals surface area contributed by atoms with Gasteiger partial charge in [-0.15, -0.1) is 0 Å². The summed E-state index contributed by atoms with van der Waals surface area (Å²) < 4.78 is 0. The maximum absolute atomic E-state index is 11.6. The molecule has 18 heavy (non-hydrogen) atoms. The summed E-state index contributed by atoms with van der Waals surface area (Å²) in [6.45, 7) is 0. The Labute approximate surface area is 106 Å². The number of hydrogen-bond acceptors (Lipinski definition) is 2. The van der Waals surface area contributed by atoms with Gasteiger partial charge in [0, 0.05) is 6.04 Å². The monoisotopic (exact) mass is 238 g/mol. The molecule has 1 aromatic rings. The first kappa shape index (κ1) is 12.1. The summed E-state index contributed by atoms with van der Waals surface area (Å²) in [4.78, 5) is 11.6. The molecule has 1 amide bonds. The third-order valence-corrected chi connectivity index (χ3v) is 2.63. The van der Waals surface area contributed by atoms with Gasteiger partial charge in [0.25, 0.3) is 5.91 Å². The van der Waals surface area contributed by atoms with Crippen molar-refractivity contribution in [3.05, 3.63) is 53.6 Å². The molecule has 3 nitrogen and oxygen atoms in total. The predicted molar refractivity (Wildman–Crippen MR) is 70.3 cm³/mol. The molecule has 1 N–H and O–H groups in total.